The highest BCUT2D eigenvalue weighted by Crippen LogP contribution is 2.26. The van der Waals surface area contributed by atoms with Gasteiger partial charge in [0.05, 0.1) is 13.2 Å². The number of rotatable bonds is 3. The molecular weight excluding hydrogens is 188 g/mol. The van der Waals surface area contributed by atoms with Crippen LogP contribution in [0.25, 0.3) is 0 Å². The first-order valence-electron chi connectivity index (χ1n) is 6.39. The Morgan fingerprint density at radius 3 is 3.00 bits per heavy atom. The summed E-state index contributed by atoms with van der Waals surface area (Å²) in [5.74, 6) is 0. The molecule has 3 unspecified atom stereocenters. The smallest absolute Gasteiger partial charge is 0.0619 e. The van der Waals surface area contributed by atoms with Gasteiger partial charge in [0.15, 0.2) is 0 Å². The van der Waals surface area contributed by atoms with Gasteiger partial charge in [0.1, 0.15) is 0 Å². The lowest BCUT2D eigenvalue weighted by atomic mass is 10.1. The van der Waals surface area contributed by atoms with Crippen LogP contribution in [0.4, 0.5) is 0 Å². The fraction of sp³-hybridized carbons (Fsp3) is 1.00. The van der Waals surface area contributed by atoms with Crippen molar-refractivity contribution in [3.63, 3.8) is 0 Å². The Bertz CT molecular complexity index is 198. The summed E-state index contributed by atoms with van der Waals surface area (Å²) in [7, 11) is 0. The topological polar surface area (TPSA) is 24.5 Å². The van der Waals surface area contributed by atoms with Crippen LogP contribution in [0.3, 0.4) is 0 Å². The van der Waals surface area contributed by atoms with Crippen molar-refractivity contribution in [2.45, 2.75) is 51.2 Å². The summed E-state index contributed by atoms with van der Waals surface area (Å²) < 4.78 is 5.50. The first-order valence-corrected chi connectivity index (χ1v) is 6.39. The second kappa shape index (κ2) is 5.28. The molecule has 0 aromatic rings. The summed E-state index contributed by atoms with van der Waals surface area (Å²) in [5.41, 5.74) is 0. The lowest BCUT2D eigenvalue weighted by Gasteiger charge is -2.40. The molecule has 1 heterocycles. The van der Waals surface area contributed by atoms with E-state index < -0.39 is 0 Å². The predicted octanol–water partition coefficient (Wildman–Crippen LogP) is 1.24. The van der Waals surface area contributed by atoms with Gasteiger partial charge in [-0.15, -0.1) is 0 Å². The summed E-state index contributed by atoms with van der Waals surface area (Å²) in [6.07, 6.45) is 4.09. The Kier molecular flexibility index (Phi) is 4.00. The fourth-order valence-electron chi connectivity index (χ4n) is 3.07. The molecule has 3 nitrogen and oxygen atoms in total. The Morgan fingerprint density at radius 1 is 1.40 bits per heavy atom. The summed E-state index contributed by atoms with van der Waals surface area (Å²) in [6.45, 7) is 8.54. The Morgan fingerprint density at radius 2 is 2.27 bits per heavy atom. The number of ether oxygens (including phenoxy) is 1. The zero-order chi connectivity index (χ0) is 10.7. The van der Waals surface area contributed by atoms with Crippen molar-refractivity contribution in [2.24, 2.45) is 0 Å². The average molecular weight is 212 g/mol. The second-order valence-corrected chi connectivity index (χ2v) is 4.82. The van der Waals surface area contributed by atoms with Gasteiger partial charge in [0.25, 0.3) is 0 Å². The van der Waals surface area contributed by atoms with E-state index >= 15 is 0 Å². The maximum Gasteiger partial charge on any atom is 0.0619 e. The van der Waals surface area contributed by atoms with Crippen molar-refractivity contribution < 1.29 is 4.74 Å². The SMILES string of the molecule is CCNC1CCCC1N1CCOCC1C. The summed E-state index contributed by atoms with van der Waals surface area (Å²) in [5, 5.41) is 3.63. The monoisotopic (exact) mass is 212 g/mol. The maximum absolute atomic E-state index is 5.50. The number of morpholine rings is 1. The molecule has 2 fully saturated rings. The van der Waals surface area contributed by atoms with Crippen molar-refractivity contribution in [1.82, 2.24) is 10.2 Å². The molecule has 1 saturated heterocycles. The first kappa shape index (κ1) is 11.4. The van der Waals surface area contributed by atoms with E-state index in [1.807, 2.05) is 0 Å². The lowest BCUT2D eigenvalue weighted by Crippen LogP contribution is -2.54. The van der Waals surface area contributed by atoms with Gasteiger partial charge in [0.2, 0.25) is 0 Å². The van der Waals surface area contributed by atoms with Crippen LogP contribution in [-0.4, -0.2) is 49.3 Å². The minimum atomic E-state index is 0.600. The predicted molar refractivity (Wildman–Crippen MR) is 62.1 cm³/mol. The zero-order valence-electron chi connectivity index (χ0n) is 10.0. The van der Waals surface area contributed by atoms with Gasteiger partial charge in [-0.2, -0.15) is 0 Å². The Hall–Kier alpha value is -0.120. The third-order valence-electron chi connectivity index (χ3n) is 3.79. The number of hydrogen-bond donors (Lipinski definition) is 1. The largest absolute Gasteiger partial charge is 0.379 e. The third kappa shape index (κ3) is 2.52. The van der Waals surface area contributed by atoms with E-state index in [0.29, 0.717) is 6.04 Å². The molecule has 0 aromatic carbocycles. The number of nitrogens with zero attached hydrogens (tertiary/aromatic N) is 1. The second-order valence-electron chi connectivity index (χ2n) is 4.82. The van der Waals surface area contributed by atoms with Crippen molar-refractivity contribution in [2.75, 3.05) is 26.3 Å². The normalized spacial score (nSPS) is 38.4. The van der Waals surface area contributed by atoms with E-state index in [-0.39, 0.29) is 0 Å². The Balaban J connectivity index is 1.94. The van der Waals surface area contributed by atoms with E-state index in [1.165, 1.54) is 19.3 Å². The summed E-state index contributed by atoms with van der Waals surface area (Å²) in [6, 6.07) is 2.07. The fourth-order valence-corrected chi connectivity index (χ4v) is 3.07. The molecule has 0 aromatic heterocycles. The minimum Gasteiger partial charge on any atom is -0.379 e. The van der Waals surface area contributed by atoms with Crippen LogP contribution in [0.2, 0.25) is 0 Å². The number of hydrogen-bond acceptors (Lipinski definition) is 3. The summed E-state index contributed by atoms with van der Waals surface area (Å²) >= 11 is 0. The molecule has 0 radical (unpaired) electrons. The maximum atomic E-state index is 5.50. The third-order valence-corrected chi connectivity index (χ3v) is 3.79. The highest BCUT2D eigenvalue weighted by Gasteiger charge is 2.34. The van der Waals surface area contributed by atoms with Crippen molar-refractivity contribution in [1.29, 1.82) is 0 Å². The number of likely N-dealkylation sites (N-methyl/N-ethyl adjacent to an activating group) is 1. The molecular formula is C12H24N2O. The van der Waals surface area contributed by atoms with Gasteiger partial charge >= 0.3 is 0 Å². The van der Waals surface area contributed by atoms with Gasteiger partial charge in [0, 0.05) is 24.7 Å². The lowest BCUT2D eigenvalue weighted by molar-refractivity contribution is -0.0255. The van der Waals surface area contributed by atoms with E-state index in [2.05, 4.69) is 24.1 Å². The van der Waals surface area contributed by atoms with Crippen molar-refractivity contribution in [3.8, 4) is 0 Å². The van der Waals surface area contributed by atoms with E-state index in [9.17, 15) is 0 Å². The molecule has 1 saturated carbocycles. The van der Waals surface area contributed by atoms with Crippen LogP contribution >= 0.6 is 0 Å². The Labute approximate surface area is 93.2 Å². The first-order chi connectivity index (χ1) is 7.33. The van der Waals surface area contributed by atoms with Crippen LogP contribution in [0, 0.1) is 0 Å². The molecule has 1 aliphatic heterocycles. The van der Waals surface area contributed by atoms with Gasteiger partial charge in [-0.1, -0.05) is 13.3 Å². The summed E-state index contributed by atoms with van der Waals surface area (Å²) in [4.78, 5) is 2.66. The van der Waals surface area contributed by atoms with Gasteiger partial charge in [-0.05, 0) is 26.3 Å². The molecule has 2 aliphatic rings. The van der Waals surface area contributed by atoms with Gasteiger partial charge < -0.3 is 10.1 Å². The van der Waals surface area contributed by atoms with Crippen LogP contribution < -0.4 is 5.32 Å². The molecule has 1 N–H and O–H groups in total. The van der Waals surface area contributed by atoms with Crippen molar-refractivity contribution in [3.05, 3.63) is 0 Å². The average Bonchev–Trinajstić information content (AvgIpc) is 2.67. The van der Waals surface area contributed by atoms with Crippen LogP contribution in [0.1, 0.15) is 33.1 Å². The molecule has 88 valence electrons. The molecule has 3 heteroatoms. The van der Waals surface area contributed by atoms with Crippen LogP contribution in [-0.2, 0) is 4.74 Å². The highest BCUT2D eigenvalue weighted by molar-refractivity contribution is 4.92. The number of nitrogens with one attached hydrogen (secondary N) is 1. The van der Waals surface area contributed by atoms with Gasteiger partial charge in [-0.25, -0.2) is 0 Å². The van der Waals surface area contributed by atoms with Crippen LogP contribution in [0.5, 0.6) is 0 Å². The quantitative estimate of drug-likeness (QED) is 0.762. The van der Waals surface area contributed by atoms with E-state index in [4.69, 9.17) is 4.74 Å². The standard InChI is InChI=1S/C12H24N2O/c1-3-13-11-5-4-6-12(11)14-7-8-15-9-10(14)2/h10-13H,3-9H2,1-2H3. The highest BCUT2D eigenvalue weighted by atomic mass is 16.5. The molecule has 2 rings (SSSR count). The molecule has 0 amide bonds. The van der Waals surface area contributed by atoms with Crippen molar-refractivity contribution >= 4 is 0 Å². The molecule has 15 heavy (non-hydrogen) atoms. The molecule has 3 atom stereocenters. The molecule has 0 spiro atoms. The molecule has 0 bridgehead atoms. The van der Waals surface area contributed by atoms with Crippen LogP contribution in [0.15, 0.2) is 0 Å². The van der Waals surface area contributed by atoms with E-state index in [0.717, 1.165) is 38.4 Å². The minimum absolute atomic E-state index is 0.600. The van der Waals surface area contributed by atoms with E-state index in [1.54, 1.807) is 0 Å². The zero-order valence-corrected chi connectivity index (χ0v) is 10.0. The van der Waals surface area contributed by atoms with Gasteiger partial charge in [-0.3, -0.25) is 4.90 Å². The molecule has 1 aliphatic carbocycles.